The SMILES string of the molecule is COc1ccccc1NC(=O)c1ccc(NC(=O)COc2cccc3c2CCC[C@H]3O)cc1. The van der Waals surface area contributed by atoms with Gasteiger partial charge in [0.25, 0.3) is 11.8 Å². The van der Waals surface area contributed by atoms with E-state index >= 15 is 0 Å². The number of hydrogen-bond acceptors (Lipinski definition) is 5. The van der Waals surface area contributed by atoms with E-state index in [1.54, 1.807) is 43.5 Å². The molecule has 33 heavy (non-hydrogen) atoms. The molecule has 2 amide bonds. The lowest BCUT2D eigenvalue weighted by Crippen LogP contribution is -2.21. The molecule has 0 bridgehead atoms. The van der Waals surface area contributed by atoms with Gasteiger partial charge in [-0.05, 0) is 72.9 Å². The highest BCUT2D eigenvalue weighted by molar-refractivity contribution is 6.05. The molecule has 3 N–H and O–H groups in total. The number of methoxy groups -OCH3 is 1. The molecule has 0 saturated carbocycles. The van der Waals surface area contributed by atoms with Crippen LogP contribution < -0.4 is 20.1 Å². The maximum atomic E-state index is 12.5. The zero-order valence-corrected chi connectivity index (χ0v) is 18.3. The van der Waals surface area contributed by atoms with Crippen LogP contribution in [0, 0.1) is 0 Å². The standard InChI is InChI=1S/C26H26N2O5/c1-32-24-10-3-2-8-21(24)28-26(31)17-12-14-18(15-13-17)27-25(30)16-33-23-11-5-6-19-20(23)7-4-9-22(19)29/h2-3,5-6,8,10-15,22,29H,4,7,9,16H2,1H3,(H,27,30)(H,28,31)/t22-/m1/s1. The Balaban J connectivity index is 1.33. The van der Waals surface area contributed by atoms with Crippen LogP contribution in [0.25, 0.3) is 0 Å². The average molecular weight is 447 g/mol. The number of fused-ring (bicyclic) bond motifs is 1. The van der Waals surface area contributed by atoms with Crippen LogP contribution in [-0.4, -0.2) is 30.6 Å². The van der Waals surface area contributed by atoms with Gasteiger partial charge >= 0.3 is 0 Å². The van der Waals surface area contributed by atoms with E-state index in [1.807, 2.05) is 30.3 Å². The first-order valence-corrected chi connectivity index (χ1v) is 10.8. The summed E-state index contributed by atoms with van der Waals surface area (Å²) >= 11 is 0. The van der Waals surface area contributed by atoms with E-state index in [2.05, 4.69) is 10.6 Å². The van der Waals surface area contributed by atoms with Gasteiger partial charge in [-0.3, -0.25) is 9.59 Å². The molecule has 0 aromatic heterocycles. The van der Waals surface area contributed by atoms with Gasteiger partial charge in [0.15, 0.2) is 6.61 Å². The molecule has 0 aliphatic heterocycles. The Kier molecular flexibility index (Phi) is 6.90. The Morgan fingerprint density at radius 1 is 0.970 bits per heavy atom. The summed E-state index contributed by atoms with van der Waals surface area (Å²) in [7, 11) is 1.54. The normalized spacial score (nSPS) is 14.7. The van der Waals surface area contributed by atoms with Gasteiger partial charge in [-0.2, -0.15) is 0 Å². The number of carbonyl (C=O) groups excluding carboxylic acids is 2. The van der Waals surface area contributed by atoms with E-state index < -0.39 is 6.10 Å². The first kappa shape index (κ1) is 22.4. The van der Waals surface area contributed by atoms with Crippen LogP contribution in [0.3, 0.4) is 0 Å². The molecule has 0 unspecified atom stereocenters. The molecule has 4 rings (SSSR count). The van der Waals surface area contributed by atoms with Gasteiger partial charge in [-0.1, -0.05) is 24.3 Å². The number of benzene rings is 3. The highest BCUT2D eigenvalue weighted by atomic mass is 16.5. The largest absolute Gasteiger partial charge is 0.495 e. The van der Waals surface area contributed by atoms with Crippen LogP contribution in [0.5, 0.6) is 11.5 Å². The molecule has 1 aliphatic carbocycles. The summed E-state index contributed by atoms with van der Waals surface area (Å²) in [5, 5.41) is 15.7. The van der Waals surface area contributed by atoms with E-state index in [0.717, 1.165) is 30.4 Å². The average Bonchev–Trinajstić information content (AvgIpc) is 2.84. The molecule has 3 aromatic carbocycles. The van der Waals surface area contributed by atoms with Gasteiger partial charge < -0.3 is 25.2 Å². The third-order valence-corrected chi connectivity index (χ3v) is 5.58. The topological polar surface area (TPSA) is 96.9 Å². The van der Waals surface area contributed by atoms with Crippen molar-refractivity contribution in [1.29, 1.82) is 0 Å². The molecular weight excluding hydrogens is 420 g/mol. The van der Waals surface area contributed by atoms with Gasteiger partial charge in [0.2, 0.25) is 0 Å². The van der Waals surface area contributed by atoms with Crippen LogP contribution in [-0.2, 0) is 11.2 Å². The maximum absolute atomic E-state index is 12.5. The lowest BCUT2D eigenvalue weighted by molar-refractivity contribution is -0.118. The van der Waals surface area contributed by atoms with E-state index in [9.17, 15) is 14.7 Å². The number of aliphatic hydroxyl groups is 1. The van der Waals surface area contributed by atoms with Gasteiger partial charge in [0.1, 0.15) is 11.5 Å². The Labute approximate surface area is 192 Å². The number of ether oxygens (including phenoxy) is 2. The molecule has 0 saturated heterocycles. The number of aliphatic hydroxyl groups excluding tert-OH is 1. The molecule has 0 heterocycles. The maximum Gasteiger partial charge on any atom is 0.262 e. The van der Waals surface area contributed by atoms with E-state index in [1.165, 1.54) is 0 Å². The minimum Gasteiger partial charge on any atom is -0.495 e. The molecule has 0 spiro atoms. The molecule has 0 fully saturated rings. The highest BCUT2D eigenvalue weighted by Crippen LogP contribution is 2.35. The third kappa shape index (κ3) is 5.32. The Morgan fingerprint density at radius 2 is 1.73 bits per heavy atom. The zero-order chi connectivity index (χ0) is 23.2. The number of rotatable bonds is 7. The van der Waals surface area contributed by atoms with Crippen LogP contribution in [0.2, 0.25) is 0 Å². The van der Waals surface area contributed by atoms with Crippen molar-refractivity contribution >= 4 is 23.2 Å². The van der Waals surface area contributed by atoms with Crippen LogP contribution in [0.1, 0.15) is 40.4 Å². The van der Waals surface area contributed by atoms with Crippen LogP contribution in [0.4, 0.5) is 11.4 Å². The molecule has 7 heteroatoms. The molecule has 1 atom stereocenters. The van der Waals surface area contributed by atoms with Crippen molar-refractivity contribution in [3.63, 3.8) is 0 Å². The monoisotopic (exact) mass is 446 g/mol. The lowest BCUT2D eigenvalue weighted by Gasteiger charge is -2.23. The molecule has 3 aromatic rings. The number of para-hydroxylation sites is 2. The third-order valence-electron chi connectivity index (χ3n) is 5.58. The fraction of sp³-hybridized carbons (Fsp3) is 0.231. The lowest BCUT2D eigenvalue weighted by atomic mass is 9.89. The number of amides is 2. The fourth-order valence-electron chi connectivity index (χ4n) is 3.91. The van der Waals surface area contributed by atoms with E-state index in [4.69, 9.17) is 9.47 Å². The van der Waals surface area contributed by atoms with Crippen molar-refractivity contribution in [3.8, 4) is 11.5 Å². The molecular formula is C26H26N2O5. The van der Waals surface area contributed by atoms with Crippen molar-refractivity contribution < 1.29 is 24.2 Å². The predicted molar refractivity (Wildman–Crippen MR) is 126 cm³/mol. The summed E-state index contributed by atoms with van der Waals surface area (Å²) in [6.07, 6.45) is 1.97. The Hall–Kier alpha value is -3.84. The molecule has 0 radical (unpaired) electrons. The van der Waals surface area contributed by atoms with E-state index in [0.29, 0.717) is 28.4 Å². The van der Waals surface area contributed by atoms with Crippen LogP contribution >= 0.6 is 0 Å². The van der Waals surface area contributed by atoms with Crippen molar-refractivity contribution in [2.24, 2.45) is 0 Å². The number of nitrogens with one attached hydrogen (secondary N) is 2. The predicted octanol–water partition coefficient (Wildman–Crippen LogP) is 4.33. The Morgan fingerprint density at radius 3 is 2.52 bits per heavy atom. The van der Waals surface area contributed by atoms with Gasteiger partial charge in [-0.25, -0.2) is 0 Å². The zero-order valence-electron chi connectivity index (χ0n) is 18.3. The van der Waals surface area contributed by atoms with Crippen LogP contribution in [0.15, 0.2) is 66.7 Å². The Bertz CT molecular complexity index is 1140. The summed E-state index contributed by atoms with van der Waals surface area (Å²) in [6.45, 7) is -0.150. The van der Waals surface area contributed by atoms with E-state index in [-0.39, 0.29) is 18.4 Å². The number of carbonyl (C=O) groups is 2. The second kappa shape index (κ2) is 10.2. The summed E-state index contributed by atoms with van der Waals surface area (Å²) in [6, 6.07) is 19.3. The van der Waals surface area contributed by atoms with Crippen molar-refractivity contribution in [3.05, 3.63) is 83.4 Å². The van der Waals surface area contributed by atoms with Gasteiger partial charge in [0.05, 0.1) is 18.9 Å². The van der Waals surface area contributed by atoms with Gasteiger partial charge in [-0.15, -0.1) is 0 Å². The summed E-state index contributed by atoms with van der Waals surface area (Å²) < 4.78 is 11.0. The second-order valence-corrected chi connectivity index (χ2v) is 7.80. The number of hydrogen-bond donors (Lipinski definition) is 3. The molecule has 7 nitrogen and oxygen atoms in total. The quantitative estimate of drug-likeness (QED) is 0.502. The number of anilines is 2. The first-order valence-electron chi connectivity index (χ1n) is 10.8. The van der Waals surface area contributed by atoms with Crippen molar-refractivity contribution in [1.82, 2.24) is 0 Å². The molecule has 170 valence electrons. The fourth-order valence-corrected chi connectivity index (χ4v) is 3.91. The minimum atomic E-state index is -0.482. The molecule has 1 aliphatic rings. The second-order valence-electron chi connectivity index (χ2n) is 7.80. The highest BCUT2D eigenvalue weighted by Gasteiger charge is 2.21. The van der Waals surface area contributed by atoms with Crippen molar-refractivity contribution in [2.45, 2.75) is 25.4 Å². The minimum absolute atomic E-state index is 0.150. The van der Waals surface area contributed by atoms with Crippen molar-refractivity contribution in [2.75, 3.05) is 24.4 Å². The first-order chi connectivity index (χ1) is 16.0. The summed E-state index contributed by atoms with van der Waals surface area (Å²) in [5.41, 5.74) is 3.43. The smallest absolute Gasteiger partial charge is 0.262 e. The van der Waals surface area contributed by atoms with Gasteiger partial charge in [0, 0.05) is 11.3 Å². The summed E-state index contributed by atoms with van der Waals surface area (Å²) in [5.74, 6) is 0.612. The summed E-state index contributed by atoms with van der Waals surface area (Å²) in [4.78, 5) is 24.9.